The SMILES string of the molecule is O=C(CN1C[C@H]2C[C@H](Oc3cccc4cnccc34)C[C@H]2C1)c1ccc(O)cc1. The Labute approximate surface area is 169 Å². The molecule has 3 atom stereocenters. The van der Waals surface area contributed by atoms with E-state index in [1.165, 1.54) is 0 Å². The Hall–Kier alpha value is -2.92. The standard InChI is InChI=1S/C24H24N2O3/c27-20-6-4-16(5-7-20)23(28)15-26-13-18-10-21(11-19(18)14-26)29-24-3-1-2-17-12-25-9-8-22(17)24/h1-9,12,18-19,21,27H,10-11,13-15H2/t18-,19+,21+. The number of ether oxygens (including phenoxy) is 1. The van der Waals surface area contributed by atoms with Crippen LogP contribution in [0.4, 0.5) is 0 Å². The second kappa shape index (κ2) is 7.48. The molecular formula is C24H24N2O3. The van der Waals surface area contributed by atoms with Crippen molar-refractivity contribution in [2.75, 3.05) is 19.6 Å². The van der Waals surface area contributed by atoms with Crippen molar-refractivity contribution in [2.24, 2.45) is 11.8 Å². The van der Waals surface area contributed by atoms with Gasteiger partial charge < -0.3 is 9.84 Å². The van der Waals surface area contributed by atoms with Crippen LogP contribution in [0.2, 0.25) is 0 Å². The molecule has 148 valence electrons. The first-order valence-corrected chi connectivity index (χ1v) is 10.2. The van der Waals surface area contributed by atoms with E-state index in [4.69, 9.17) is 4.74 Å². The van der Waals surface area contributed by atoms with Gasteiger partial charge in [-0.1, -0.05) is 12.1 Å². The van der Waals surface area contributed by atoms with Crippen molar-refractivity contribution in [3.63, 3.8) is 0 Å². The number of carbonyl (C=O) groups excluding carboxylic acids is 1. The highest BCUT2D eigenvalue weighted by molar-refractivity contribution is 5.97. The summed E-state index contributed by atoms with van der Waals surface area (Å²) in [6.07, 6.45) is 5.99. The van der Waals surface area contributed by atoms with Gasteiger partial charge in [0.25, 0.3) is 0 Å². The average molecular weight is 388 g/mol. The monoisotopic (exact) mass is 388 g/mol. The Balaban J connectivity index is 1.19. The predicted octanol–water partition coefficient (Wildman–Crippen LogP) is 3.91. The third kappa shape index (κ3) is 3.70. The van der Waals surface area contributed by atoms with Gasteiger partial charge in [-0.2, -0.15) is 0 Å². The minimum Gasteiger partial charge on any atom is -0.508 e. The molecule has 3 aromatic rings. The van der Waals surface area contributed by atoms with Crippen LogP contribution in [0.1, 0.15) is 23.2 Å². The maximum absolute atomic E-state index is 12.5. The first-order chi connectivity index (χ1) is 14.2. The van der Waals surface area contributed by atoms with E-state index >= 15 is 0 Å². The zero-order chi connectivity index (χ0) is 19.8. The van der Waals surface area contributed by atoms with Gasteiger partial charge in [-0.25, -0.2) is 0 Å². The second-order valence-corrected chi connectivity index (χ2v) is 8.25. The van der Waals surface area contributed by atoms with Crippen LogP contribution in [-0.4, -0.2) is 46.5 Å². The van der Waals surface area contributed by atoms with Crippen LogP contribution >= 0.6 is 0 Å². The van der Waals surface area contributed by atoms with Crippen molar-refractivity contribution in [3.05, 3.63) is 66.5 Å². The fourth-order valence-electron chi connectivity index (χ4n) is 4.88. The number of Topliss-reactive ketones (excluding diaryl/α,β-unsaturated/α-hetero) is 1. The van der Waals surface area contributed by atoms with Crippen LogP contribution in [0, 0.1) is 11.8 Å². The molecule has 0 radical (unpaired) electrons. The van der Waals surface area contributed by atoms with E-state index in [9.17, 15) is 9.90 Å². The molecule has 5 rings (SSSR count). The molecule has 2 aromatic carbocycles. The largest absolute Gasteiger partial charge is 0.508 e. The maximum Gasteiger partial charge on any atom is 0.176 e. The van der Waals surface area contributed by atoms with Crippen molar-refractivity contribution in [1.82, 2.24) is 9.88 Å². The second-order valence-electron chi connectivity index (χ2n) is 8.25. The summed E-state index contributed by atoms with van der Waals surface area (Å²) in [6.45, 7) is 2.35. The zero-order valence-electron chi connectivity index (χ0n) is 16.2. The van der Waals surface area contributed by atoms with E-state index in [1.807, 2.05) is 30.6 Å². The smallest absolute Gasteiger partial charge is 0.176 e. The number of hydrogen-bond acceptors (Lipinski definition) is 5. The minimum atomic E-state index is 0.113. The molecule has 5 heteroatoms. The van der Waals surface area contributed by atoms with Crippen LogP contribution in [0.3, 0.4) is 0 Å². The maximum atomic E-state index is 12.5. The number of phenolic OH excluding ortho intramolecular Hbond substituents is 1. The molecule has 0 amide bonds. The molecule has 5 nitrogen and oxygen atoms in total. The fourth-order valence-corrected chi connectivity index (χ4v) is 4.88. The Kier molecular flexibility index (Phi) is 4.68. The number of pyridine rings is 1. The Morgan fingerprint density at radius 1 is 1.07 bits per heavy atom. The van der Waals surface area contributed by atoms with E-state index in [2.05, 4.69) is 16.0 Å². The van der Waals surface area contributed by atoms with Crippen molar-refractivity contribution in [1.29, 1.82) is 0 Å². The normalized spacial score (nSPS) is 23.9. The summed E-state index contributed by atoms with van der Waals surface area (Å²) < 4.78 is 6.38. The fraction of sp³-hybridized carbons (Fsp3) is 0.333. The summed E-state index contributed by atoms with van der Waals surface area (Å²) >= 11 is 0. The van der Waals surface area contributed by atoms with Gasteiger partial charge in [-0.3, -0.25) is 14.7 Å². The number of rotatable bonds is 5. The number of aromatic hydroxyl groups is 1. The van der Waals surface area contributed by atoms with Gasteiger partial charge in [0.2, 0.25) is 0 Å². The van der Waals surface area contributed by atoms with Gasteiger partial charge in [-0.15, -0.1) is 0 Å². The molecule has 1 aliphatic carbocycles. The Morgan fingerprint density at radius 3 is 2.59 bits per heavy atom. The van der Waals surface area contributed by atoms with Crippen molar-refractivity contribution in [3.8, 4) is 11.5 Å². The summed E-state index contributed by atoms with van der Waals surface area (Å²) in [5, 5.41) is 11.6. The van der Waals surface area contributed by atoms with E-state index in [0.717, 1.165) is 42.5 Å². The predicted molar refractivity (Wildman–Crippen MR) is 111 cm³/mol. The highest BCUT2D eigenvalue weighted by Gasteiger charge is 2.42. The van der Waals surface area contributed by atoms with Crippen molar-refractivity contribution in [2.45, 2.75) is 18.9 Å². The molecule has 1 aromatic heterocycles. The van der Waals surface area contributed by atoms with Crippen LogP contribution in [0.5, 0.6) is 11.5 Å². The molecule has 1 saturated carbocycles. The first-order valence-electron chi connectivity index (χ1n) is 10.2. The first kappa shape index (κ1) is 18.1. The molecule has 2 fully saturated rings. The van der Waals surface area contributed by atoms with Crippen LogP contribution in [-0.2, 0) is 0 Å². The average Bonchev–Trinajstić information content (AvgIpc) is 3.26. The number of phenols is 1. The van der Waals surface area contributed by atoms with E-state index < -0.39 is 0 Å². The summed E-state index contributed by atoms with van der Waals surface area (Å²) in [7, 11) is 0. The summed E-state index contributed by atoms with van der Waals surface area (Å²) in [6, 6.07) is 14.6. The van der Waals surface area contributed by atoms with Crippen molar-refractivity contribution >= 4 is 16.6 Å². The Bertz CT molecular complexity index is 1010. The third-order valence-electron chi connectivity index (χ3n) is 6.27. The van der Waals surface area contributed by atoms with E-state index in [1.54, 1.807) is 24.3 Å². The highest BCUT2D eigenvalue weighted by atomic mass is 16.5. The molecule has 0 spiro atoms. The number of ketones is 1. The molecule has 2 aliphatic rings. The van der Waals surface area contributed by atoms with Gasteiger partial charge >= 0.3 is 0 Å². The molecule has 2 heterocycles. The van der Waals surface area contributed by atoms with Crippen LogP contribution in [0.15, 0.2) is 60.9 Å². The number of carbonyl (C=O) groups is 1. The molecule has 0 unspecified atom stereocenters. The van der Waals surface area contributed by atoms with Crippen molar-refractivity contribution < 1.29 is 14.6 Å². The lowest BCUT2D eigenvalue weighted by molar-refractivity contribution is 0.0937. The van der Waals surface area contributed by atoms with Gasteiger partial charge in [0.15, 0.2) is 5.78 Å². The Morgan fingerprint density at radius 2 is 1.83 bits per heavy atom. The molecule has 1 aliphatic heterocycles. The topological polar surface area (TPSA) is 62.7 Å². The number of benzene rings is 2. The number of fused-ring (bicyclic) bond motifs is 2. The lowest BCUT2D eigenvalue weighted by atomic mass is 10.0. The minimum absolute atomic E-state index is 0.113. The lowest BCUT2D eigenvalue weighted by Crippen LogP contribution is -2.30. The number of nitrogens with zero attached hydrogens (tertiary/aromatic N) is 2. The molecule has 0 bridgehead atoms. The van der Waals surface area contributed by atoms with Gasteiger partial charge in [0.05, 0.1) is 12.6 Å². The van der Waals surface area contributed by atoms with E-state index in [-0.39, 0.29) is 17.6 Å². The van der Waals surface area contributed by atoms with Gasteiger partial charge in [0, 0.05) is 41.8 Å². The lowest BCUT2D eigenvalue weighted by Gasteiger charge is -2.20. The van der Waals surface area contributed by atoms with Crippen LogP contribution in [0.25, 0.3) is 10.8 Å². The zero-order valence-corrected chi connectivity index (χ0v) is 16.2. The van der Waals surface area contributed by atoms with E-state index in [0.29, 0.717) is 23.9 Å². The highest BCUT2D eigenvalue weighted by Crippen LogP contribution is 2.40. The molecule has 1 N–H and O–H groups in total. The quantitative estimate of drug-likeness (QED) is 0.672. The summed E-state index contributed by atoms with van der Waals surface area (Å²) in [4.78, 5) is 19.0. The number of hydrogen-bond donors (Lipinski definition) is 1. The third-order valence-corrected chi connectivity index (χ3v) is 6.27. The molecule has 1 saturated heterocycles. The van der Waals surface area contributed by atoms with Gasteiger partial charge in [0.1, 0.15) is 11.5 Å². The summed E-state index contributed by atoms with van der Waals surface area (Å²) in [5.41, 5.74) is 0.659. The number of likely N-dealkylation sites (tertiary alicyclic amines) is 1. The number of aromatic nitrogens is 1. The molecule has 29 heavy (non-hydrogen) atoms. The summed E-state index contributed by atoms with van der Waals surface area (Å²) in [5.74, 6) is 2.41. The molecular weight excluding hydrogens is 364 g/mol. The van der Waals surface area contributed by atoms with Crippen LogP contribution < -0.4 is 4.74 Å². The van der Waals surface area contributed by atoms with Gasteiger partial charge in [-0.05, 0) is 61.1 Å².